The number of rotatable bonds is 3. The van der Waals surface area contributed by atoms with E-state index in [-0.39, 0.29) is 16.1 Å². The molecule has 2 N–H and O–H groups in total. The largest absolute Gasteiger partial charge is 0.326 e. The van der Waals surface area contributed by atoms with E-state index in [0.29, 0.717) is 5.69 Å². The van der Waals surface area contributed by atoms with Gasteiger partial charge in [0, 0.05) is 5.69 Å². The van der Waals surface area contributed by atoms with Crippen LogP contribution in [0.15, 0.2) is 30.3 Å². The van der Waals surface area contributed by atoms with E-state index in [1.807, 2.05) is 12.1 Å². The number of benzene rings is 1. The normalized spacial score (nSPS) is 14.7. The number of carbonyl (C=O) groups excluding carboxylic acids is 2. The summed E-state index contributed by atoms with van der Waals surface area (Å²) in [7, 11) is 0. The van der Waals surface area contributed by atoms with E-state index in [2.05, 4.69) is 22.5 Å². The maximum Gasteiger partial charge on any atom is 0.326 e. The third-order valence-electron chi connectivity index (χ3n) is 4.18. The van der Waals surface area contributed by atoms with Gasteiger partial charge in [-0.15, -0.1) is 0 Å². The van der Waals surface area contributed by atoms with Gasteiger partial charge >= 0.3 is 6.03 Å². The molecule has 1 saturated carbocycles. The van der Waals surface area contributed by atoms with Crippen molar-refractivity contribution in [2.45, 2.75) is 25.2 Å². The van der Waals surface area contributed by atoms with Crippen LogP contribution in [0.3, 0.4) is 0 Å². The van der Waals surface area contributed by atoms with Crippen LogP contribution in [0.4, 0.5) is 14.9 Å². The van der Waals surface area contributed by atoms with Gasteiger partial charge in [-0.25, -0.2) is 14.2 Å². The predicted octanol–water partition coefficient (Wildman–Crippen LogP) is 4.54. The zero-order valence-corrected chi connectivity index (χ0v) is 14.7. The highest BCUT2D eigenvalue weighted by Gasteiger charge is 2.40. The molecule has 1 heterocycles. The minimum atomic E-state index is -0.899. The van der Waals surface area contributed by atoms with Crippen molar-refractivity contribution in [3.63, 3.8) is 0 Å². The first-order valence-electron chi connectivity index (χ1n) is 7.53. The molecular weight excluding hydrogens is 368 g/mol. The maximum atomic E-state index is 13.5. The predicted molar refractivity (Wildman–Crippen MR) is 93.7 cm³/mol. The zero-order chi connectivity index (χ0) is 18.2. The Labute approximate surface area is 153 Å². The Bertz CT molecular complexity index is 869. The second kappa shape index (κ2) is 6.61. The second-order valence-corrected chi connectivity index (χ2v) is 6.83. The van der Waals surface area contributed by atoms with Crippen LogP contribution in [0.25, 0.3) is 0 Å². The van der Waals surface area contributed by atoms with Crippen LogP contribution < -0.4 is 10.6 Å². The Kier molecular flexibility index (Phi) is 4.67. The van der Waals surface area contributed by atoms with Crippen LogP contribution in [0.2, 0.25) is 10.3 Å². The zero-order valence-electron chi connectivity index (χ0n) is 13.2. The van der Waals surface area contributed by atoms with Crippen molar-refractivity contribution in [3.05, 3.63) is 57.6 Å². The van der Waals surface area contributed by atoms with Gasteiger partial charge < -0.3 is 5.32 Å². The first-order chi connectivity index (χ1) is 11.8. The van der Waals surface area contributed by atoms with Gasteiger partial charge in [0.15, 0.2) is 11.0 Å². The summed E-state index contributed by atoms with van der Waals surface area (Å²) in [5.41, 5.74) is 1.40. The summed E-state index contributed by atoms with van der Waals surface area (Å²) in [6.07, 6.45) is 2.08. The maximum absolute atomic E-state index is 13.5. The fourth-order valence-electron chi connectivity index (χ4n) is 2.50. The number of nitrogens with zero attached hydrogens (tertiary/aromatic N) is 1. The molecule has 130 valence electrons. The highest BCUT2D eigenvalue weighted by atomic mass is 35.5. The molecule has 2 aromatic rings. The number of carbonyl (C=O) groups is 2. The summed E-state index contributed by atoms with van der Waals surface area (Å²) >= 11 is 11.3. The van der Waals surface area contributed by atoms with Crippen molar-refractivity contribution in [2.24, 2.45) is 0 Å². The van der Waals surface area contributed by atoms with Gasteiger partial charge in [-0.2, -0.15) is 0 Å². The molecular formula is C17H14Cl2FN3O2. The number of nitrogens with one attached hydrogen (secondary N) is 2. The molecule has 0 saturated heterocycles. The van der Waals surface area contributed by atoms with E-state index in [4.69, 9.17) is 23.2 Å². The van der Waals surface area contributed by atoms with E-state index in [0.717, 1.165) is 24.5 Å². The molecule has 0 aliphatic heterocycles. The average Bonchev–Trinajstić information content (AvgIpc) is 3.30. The van der Waals surface area contributed by atoms with Gasteiger partial charge in [-0.3, -0.25) is 10.1 Å². The van der Waals surface area contributed by atoms with Gasteiger partial charge in [0.05, 0.1) is 5.56 Å². The summed E-state index contributed by atoms with van der Waals surface area (Å²) in [4.78, 5) is 27.8. The molecule has 1 aliphatic rings. The minimum Gasteiger partial charge on any atom is -0.307 e. The first-order valence-corrected chi connectivity index (χ1v) is 8.29. The van der Waals surface area contributed by atoms with Crippen molar-refractivity contribution < 1.29 is 14.0 Å². The number of urea groups is 1. The Morgan fingerprint density at radius 2 is 1.88 bits per heavy atom. The first kappa shape index (κ1) is 17.6. The molecule has 0 bridgehead atoms. The summed E-state index contributed by atoms with van der Waals surface area (Å²) in [6, 6.07) is 7.49. The topological polar surface area (TPSA) is 71.1 Å². The van der Waals surface area contributed by atoms with Gasteiger partial charge in [0.1, 0.15) is 5.15 Å². The van der Waals surface area contributed by atoms with Gasteiger partial charge in [-0.05, 0) is 36.0 Å². The molecule has 8 heteroatoms. The number of hydrogen-bond donors (Lipinski definition) is 2. The molecule has 1 aliphatic carbocycles. The molecule has 1 fully saturated rings. The summed E-state index contributed by atoms with van der Waals surface area (Å²) in [6.45, 7) is 2.11. The molecule has 3 rings (SSSR count). The van der Waals surface area contributed by atoms with Crippen molar-refractivity contribution in [3.8, 4) is 0 Å². The van der Waals surface area contributed by atoms with Crippen LogP contribution in [-0.2, 0) is 5.41 Å². The van der Waals surface area contributed by atoms with Gasteiger partial charge in [0.25, 0.3) is 5.91 Å². The number of imide groups is 1. The number of hydrogen-bond acceptors (Lipinski definition) is 3. The fourth-order valence-corrected chi connectivity index (χ4v) is 2.91. The van der Waals surface area contributed by atoms with Crippen LogP contribution in [0.5, 0.6) is 0 Å². The Hall–Kier alpha value is -2.18. The standard InChI is InChI=1S/C17H14Cl2FN3O2/c1-17(6-7-17)10-4-2-3-5-12(10)21-16(25)23-15(24)9-8-11(20)14(19)22-13(9)18/h2-5,8H,6-7H2,1H3,(H2,21,23,24,25). The summed E-state index contributed by atoms with van der Waals surface area (Å²) in [5.74, 6) is -1.77. The third kappa shape index (κ3) is 3.75. The molecule has 0 atom stereocenters. The highest BCUT2D eigenvalue weighted by molar-refractivity contribution is 6.35. The van der Waals surface area contributed by atoms with Crippen molar-refractivity contribution in [1.29, 1.82) is 0 Å². The molecule has 1 aromatic carbocycles. The van der Waals surface area contributed by atoms with Gasteiger partial charge in [-0.1, -0.05) is 48.3 Å². The summed E-state index contributed by atoms with van der Waals surface area (Å²) in [5, 5.41) is 4.02. The Balaban J connectivity index is 1.74. The Morgan fingerprint density at radius 1 is 1.20 bits per heavy atom. The molecule has 5 nitrogen and oxygen atoms in total. The lowest BCUT2D eigenvalue weighted by atomic mass is 9.96. The average molecular weight is 382 g/mol. The van der Waals surface area contributed by atoms with E-state index >= 15 is 0 Å². The van der Waals surface area contributed by atoms with Crippen LogP contribution in [-0.4, -0.2) is 16.9 Å². The number of amides is 3. The van der Waals surface area contributed by atoms with Crippen molar-refractivity contribution >= 4 is 40.8 Å². The number of aromatic nitrogens is 1. The van der Waals surface area contributed by atoms with E-state index < -0.39 is 22.9 Å². The number of anilines is 1. The SMILES string of the molecule is CC1(c2ccccc2NC(=O)NC(=O)c2cc(F)c(Cl)nc2Cl)CC1. The number of pyridine rings is 1. The lowest BCUT2D eigenvalue weighted by molar-refractivity contribution is 0.0966. The molecule has 0 unspecified atom stereocenters. The summed E-state index contributed by atoms with van der Waals surface area (Å²) < 4.78 is 13.5. The van der Waals surface area contributed by atoms with E-state index in [1.54, 1.807) is 12.1 Å². The van der Waals surface area contributed by atoms with Crippen LogP contribution in [0, 0.1) is 5.82 Å². The lowest BCUT2D eigenvalue weighted by Crippen LogP contribution is -2.35. The Morgan fingerprint density at radius 3 is 2.56 bits per heavy atom. The molecule has 3 amide bonds. The van der Waals surface area contributed by atoms with E-state index in [1.165, 1.54) is 0 Å². The highest BCUT2D eigenvalue weighted by Crippen LogP contribution is 2.50. The molecule has 0 spiro atoms. The van der Waals surface area contributed by atoms with Crippen LogP contribution in [0.1, 0.15) is 35.7 Å². The smallest absolute Gasteiger partial charge is 0.307 e. The molecule has 0 radical (unpaired) electrons. The van der Waals surface area contributed by atoms with Gasteiger partial charge in [0.2, 0.25) is 0 Å². The monoisotopic (exact) mass is 381 g/mol. The molecule has 1 aromatic heterocycles. The van der Waals surface area contributed by atoms with E-state index in [9.17, 15) is 14.0 Å². The van der Waals surface area contributed by atoms with Crippen molar-refractivity contribution in [2.75, 3.05) is 5.32 Å². The van der Waals surface area contributed by atoms with Crippen LogP contribution >= 0.6 is 23.2 Å². The molecule has 25 heavy (non-hydrogen) atoms. The minimum absolute atomic E-state index is 0.0421. The lowest BCUT2D eigenvalue weighted by Gasteiger charge is -2.16. The number of para-hydroxylation sites is 1. The quantitative estimate of drug-likeness (QED) is 0.766. The second-order valence-electron chi connectivity index (χ2n) is 6.11. The third-order valence-corrected chi connectivity index (χ3v) is 4.74. The van der Waals surface area contributed by atoms with Crippen molar-refractivity contribution in [1.82, 2.24) is 10.3 Å². The fraction of sp³-hybridized carbons (Fsp3) is 0.235. The number of halogens is 3.